The molecule has 0 spiro atoms. The number of imidazole rings is 1. The van der Waals surface area contributed by atoms with Gasteiger partial charge < -0.3 is 21.1 Å². The fourth-order valence-corrected chi connectivity index (χ4v) is 3.58. The zero-order valence-electron chi connectivity index (χ0n) is 16.9. The van der Waals surface area contributed by atoms with Crippen LogP contribution in [0.2, 0.25) is 0 Å². The second kappa shape index (κ2) is 8.23. The number of aromatic nitrogens is 4. The van der Waals surface area contributed by atoms with E-state index in [-0.39, 0.29) is 28.5 Å². The second-order valence-electron chi connectivity index (χ2n) is 6.67. The van der Waals surface area contributed by atoms with Crippen LogP contribution in [0.3, 0.4) is 0 Å². The lowest BCUT2D eigenvalue weighted by Crippen LogP contribution is -2.20. The summed E-state index contributed by atoms with van der Waals surface area (Å²) in [6.07, 6.45) is 1.38. The van der Waals surface area contributed by atoms with Crippen LogP contribution < -0.4 is 26.7 Å². The molecule has 2 amide bonds. The lowest BCUT2D eigenvalue weighted by molar-refractivity contribution is 0.262. The molecule has 0 bridgehead atoms. The average Bonchev–Trinajstić information content (AvgIpc) is 3.17. The van der Waals surface area contributed by atoms with Gasteiger partial charge in [-0.1, -0.05) is 6.07 Å². The molecule has 4 rings (SSSR count). The van der Waals surface area contributed by atoms with Crippen LogP contribution in [0.4, 0.5) is 26.0 Å². The van der Waals surface area contributed by atoms with E-state index in [0.717, 1.165) is 12.1 Å². The summed E-state index contributed by atoms with van der Waals surface area (Å²) in [6.45, 7) is 0. The van der Waals surface area contributed by atoms with Crippen LogP contribution in [0.15, 0.2) is 58.5 Å². The van der Waals surface area contributed by atoms with E-state index in [1.54, 1.807) is 18.2 Å². The quantitative estimate of drug-likeness (QED) is 0.318. The number of ether oxygens (including phenoxy) is 1. The highest BCUT2D eigenvalue weighted by Crippen LogP contribution is 2.28. The van der Waals surface area contributed by atoms with E-state index in [9.17, 15) is 21.9 Å². The van der Waals surface area contributed by atoms with E-state index >= 15 is 0 Å². The Kier molecular flexibility index (Phi) is 5.43. The number of urea groups is 1. The van der Waals surface area contributed by atoms with Gasteiger partial charge in [-0.05, 0) is 36.4 Å². The molecule has 0 aliphatic heterocycles. The fourth-order valence-electron chi connectivity index (χ4n) is 3.07. The average molecular weight is 473 g/mol. The standard InChI is InChI=1S/C19H16FN7O5S/c1-32-14-6-5-11(27-9-22-15-16(27)25-18(21)26-17(15)28)8-13(14)24-19(29)23-10-3-2-4-12(7-10)33(20,30)31/h2-9H,1H3,(H2,23,24,29)(H3,21,25,26,28). The number of carbonyl (C=O) groups is 1. The number of amides is 2. The topological polar surface area (TPSA) is 174 Å². The smallest absolute Gasteiger partial charge is 0.332 e. The third kappa shape index (κ3) is 4.45. The zero-order valence-corrected chi connectivity index (χ0v) is 17.7. The summed E-state index contributed by atoms with van der Waals surface area (Å²) in [5.41, 5.74) is 6.19. The van der Waals surface area contributed by atoms with Gasteiger partial charge in [0.1, 0.15) is 17.0 Å². The molecular formula is C19H16FN7O5S. The van der Waals surface area contributed by atoms with Gasteiger partial charge in [0.2, 0.25) is 5.95 Å². The summed E-state index contributed by atoms with van der Waals surface area (Å²) in [5.74, 6) is 0.224. The number of rotatable bonds is 5. The fraction of sp³-hybridized carbons (Fsp3) is 0.0526. The number of benzene rings is 2. The van der Waals surface area contributed by atoms with E-state index < -0.39 is 26.7 Å². The molecule has 170 valence electrons. The molecule has 2 aromatic carbocycles. The van der Waals surface area contributed by atoms with Crippen molar-refractivity contribution in [2.24, 2.45) is 0 Å². The molecule has 33 heavy (non-hydrogen) atoms. The van der Waals surface area contributed by atoms with Crippen LogP contribution in [-0.2, 0) is 10.2 Å². The van der Waals surface area contributed by atoms with Crippen molar-refractivity contribution in [1.82, 2.24) is 19.5 Å². The molecule has 5 N–H and O–H groups in total. The molecular weight excluding hydrogens is 457 g/mol. The summed E-state index contributed by atoms with van der Waals surface area (Å²) < 4.78 is 42.1. The minimum Gasteiger partial charge on any atom is -0.495 e. The number of nitrogens with two attached hydrogens (primary N) is 1. The van der Waals surface area contributed by atoms with Gasteiger partial charge in [-0.3, -0.25) is 14.3 Å². The number of aromatic amines is 1. The van der Waals surface area contributed by atoms with Crippen molar-refractivity contribution in [2.45, 2.75) is 4.90 Å². The maximum Gasteiger partial charge on any atom is 0.332 e. The first-order valence-corrected chi connectivity index (χ1v) is 10.6. The predicted octanol–water partition coefficient (Wildman–Crippen LogP) is 2.00. The number of H-pyrrole nitrogens is 1. The summed E-state index contributed by atoms with van der Waals surface area (Å²) >= 11 is 0. The summed E-state index contributed by atoms with van der Waals surface area (Å²) in [6, 6.07) is 8.75. The summed E-state index contributed by atoms with van der Waals surface area (Å²) in [4.78, 5) is 34.4. The van der Waals surface area contributed by atoms with Gasteiger partial charge in [0, 0.05) is 5.69 Å². The molecule has 2 aromatic heterocycles. The number of halogens is 1. The Morgan fingerprint density at radius 3 is 2.73 bits per heavy atom. The number of anilines is 3. The number of methoxy groups -OCH3 is 1. The maximum atomic E-state index is 13.2. The van der Waals surface area contributed by atoms with Crippen molar-refractivity contribution in [3.05, 3.63) is 59.1 Å². The number of hydrogen-bond acceptors (Lipinski definition) is 8. The van der Waals surface area contributed by atoms with Crippen molar-refractivity contribution in [1.29, 1.82) is 0 Å². The summed E-state index contributed by atoms with van der Waals surface area (Å²) in [5, 5.41) is 5.00. The lowest BCUT2D eigenvalue weighted by Gasteiger charge is -2.13. The molecule has 0 atom stereocenters. The Balaban J connectivity index is 1.65. The highest BCUT2D eigenvalue weighted by atomic mass is 32.3. The first-order valence-electron chi connectivity index (χ1n) is 9.19. The Bertz CT molecular complexity index is 1550. The Hall–Kier alpha value is -4.46. The molecule has 0 aliphatic rings. The molecule has 0 aliphatic carbocycles. The van der Waals surface area contributed by atoms with Crippen LogP contribution in [0.25, 0.3) is 16.9 Å². The van der Waals surface area contributed by atoms with Crippen molar-refractivity contribution in [2.75, 3.05) is 23.5 Å². The number of nitrogens with zero attached hydrogens (tertiary/aromatic N) is 3. The molecule has 14 heteroatoms. The van der Waals surface area contributed by atoms with Gasteiger partial charge >= 0.3 is 16.3 Å². The van der Waals surface area contributed by atoms with Crippen molar-refractivity contribution >= 4 is 44.7 Å². The molecule has 0 fully saturated rings. The second-order valence-corrected chi connectivity index (χ2v) is 8.01. The van der Waals surface area contributed by atoms with Gasteiger partial charge in [-0.2, -0.15) is 13.4 Å². The summed E-state index contributed by atoms with van der Waals surface area (Å²) in [7, 11) is -3.52. The first-order chi connectivity index (χ1) is 15.7. The maximum absolute atomic E-state index is 13.2. The minimum atomic E-state index is -4.93. The van der Waals surface area contributed by atoms with Gasteiger partial charge in [-0.25, -0.2) is 9.78 Å². The van der Waals surface area contributed by atoms with Crippen molar-refractivity contribution < 1.29 is 21.8 Å². The molecule has 0 radical (unpaired) electrons. The third-order valence-electron chi connectivity index (χ3n) is 4.51. The molecule has 2 heterocycles. The van der Waals surface area contributed by atoms with E-state index in [2.05, 4.69) is 25.6 Å². The number of nitrogen functional groups attached to an aromatic ring is 1. The first kappa shape index (κ1) is 21.8. The minimum absolute atomic E-state index is 0.0563. The van der Waals surface area contributed by atoms with Crippen LogP contribution in [-0.4, -0.2) is 41.1 Å². The number of nitrogens with one attached hydrogen (secondary N) is 3. The molecule has 4 aromatic rings. The Morgan fingerprint density at radius 1 is 1.21 bits per heavy atom. The van der Waals surface area contributed by atoms with E-state index in [4.69, 9.17) is 10.5 Å². The molecule has 0 unspecified atom stereocenters. The number of fused-ring (bicyclic) bond motifs is 1. The van der Waals surface area contributed by atoms with Crippen LogP contribution in [0.1, 0.15) is 0 Å². The number of carbonyl (C=O) groups excluding carboxylic acids is 1. The zero-order chi connectivity index (χ0) is 23.8. The number of hydrogen-bond donors (Lipinski definition) is 4. The molecule has 0 saturated heterocycles. The van der Waals surface area contributed by atoms with Gasteiger partial charge in [0.15, 0.2) is 11.2 Å². The van der Waals surface area contributed by atoms with Gasteiger partial charge in [-0.15, -0.1) is 3.89 Å². The predicted molar refractivity (Wildman–Crippen MR) is 118 cm³/mol. The highest BCUT2D eigenvalue weighted by Gasteiger charge is 2.16. The molecule has 0 saturated carbocycles. The largest absolute Gasteiger partial charge is 0.495 e. The van der Waals surface area contributed by atoms with Crippen LogP contribution in [0.5, 0.6) is 5.75 Å². The van der Waals surface area contributed by atoms with Gasteiger partial charge in [0.25, 0.3) is 5.56 Å². The lowest BCUT2D eigenvalue weighted by atomic mass is 10.2. The van der Waals surface area contributed by atoms with Crippen molar-refractivity contribution in [3.8, 4) is 11.4 Å². The Morgan fingerprint density at radius 2 is 2.00 bits per heavy atom. The van der Waals surface area contributed by atoms with Gasteiger partial charge in [0.05, 0.1) is 18.5 Å². The Labute approximate surface area is 185 Å². The SMILES string of the molecule is COc1ccc(-n2cnc3c(=O)[nH]c(N)nc32)cc1NC(=O)Nc1cccc(S(=O)(=O)F)c1. The monoisotopic (exact) mass is 473 g/mol. The van der Waals surface area contributed by atoms with Crippen LogP contribution in [0, 0.1) is 0 Å². The third-order valence-corrected chi connectivity index (χ3v) is 5.33. The highest BCUT2D eigenvalue weighted by molar-refractivity contribution is 7.86. The van der Waals surface area contributed by atoms with E-state index in [0.29, 0.717) is 11.4 Å². The van der Waals surface area contributed by atoms with E-state index in [1.165, 1.54) is 30.1 Å². The van der Waals surface area contributed by atoms with Crippen LogP contribution >= 0.6 is 0 Å². The molecule has 12 nitrogen and oxygen atoms in total. The normalized spacial score (nSPS) is 11.3. The van der Waals surface area contributed by atoms with E-state index in [1.807, 2.05) is 0 Å². The van der Waals surface area contributed by atoms with Crippen molar-refractivity contribution in [3.63, 3.8) is 0 Å².